The van der Waals surface area contributed by atoms with E-state index in [-0.39, 0.29) is 0 Å². The Bertz CT molecular complexity index is 337. The van der Waals surface area contributed by atoms with Crippen molar-refractivity contribution < 1.29 is 0 Å². The minimum Gasteiger partial charge on any atom is -0.326 e. The summed E-state index contributed by atoms with van der Waals surface area (Å²) in [5.41, 5.74) is 7.58. The summed E-state index contributed by atoms with van der Waals surface area (Å²) in [6.45, 7) is 4.26. The average molecular weight is 233 g/mol. The van der Waals surface area contributed by atoms with Crippen molar-refractivity contribution in [1.82, 2.24) is 9.80 Å². The maximum Gasteiger partial charge on any atom is 0.0234 e. The van der Waals surface area contributed by atoms with Crippen LogP contribution in [-0.2, 0) is 6.54 Å². The molecule has 1 fully saturated rings. The largest absolute Gasteiger partial charge is 0.326 e. The Balaban J connectivity index is 1.88. The molecule has 0 spiro atoms. The van der Waals surface area contributed by atoms with E-state index >= 15 is 0 Å². The monoisotopic (exact) mass is 233 g/mol. The van der Waals surface area contributed by atoms with Gasteiger partial charge in [-0.25, -0.2) is 0 Å². The summed E-state index contributed by atoms with van der Waals surface area (Å²) < 4.78 is 0. The average Bonchev–Trinajstić information content (AvgIpc) is 2.59. The molecule has 2 unspecified atom stereocenters. The van der Waals surface area contributed by atoms with E-state index < -0.39 is 0 Å². The molecule has 2 rings (SSSR count). The molecule has 0 aromatic heterocycles. The zero-order valence-corrected chi connectivity index (χ0v) is 10.8. The van der Waals surface area contributed by atoms with Gasteiger partial charge in [-0.15, -0.1) is 0 Å². The maximum absolute atomic E-state index is 6.20. The third-order valence-electron chi connectivity index (χ3n) is 3.42. The number of likely N-dealkylation sites (tertiary alicyclic amines) is 1. The zero-order chi connectivity index (χ0) is 12.3. The molecule has 2 N–H and O–H groups in total. The van der Waals surface area contributed by atoms with Gasteiger partial charge in [0, 0.05) is 38.1 Å². The smallest absolute Gasteiger partial charge is 0.0234 e. The highest BCUT2D eigenvalue weighted by Crippen LogP contribution is 2.18. The molecule has 3 heteroatoms. The predicted octanol–water partition coefficient (Wildman–Crippen LogP) is 1.01. The second kappa shape index (κ2) is 5.63. The van der Waals surface area contributed by atoms with Crippen LogP contribution in [0, 0.1) is 5.92 Å². The van der Waals surface area contributed by atoms with Crippen LogP contribution in [0.15, 0.2) is 30.3 Å². The zero-order valence-electron chi connectivity index (χ0n) is 10.8. The fraction of sp³-hybridized carbons (Fsp3) is 0.571. The van der Waals surface area contributed by atoms with Gasteiger partial charge in [-0.3, -0.25) is 4.90 Å². The topological polar surface area (TPSA) is 32.5 Å². The Labute approximate surface area is 104 Å². The van der Waals surface area contributed by atoms with Crippen LogP contribution in [0.2, 0.25) is 0 Å². The lowest BCUT2D eigenvalue weighted by Gasteiger charge is -2.19. The third kappa shape index (κ3) is 3.53. The first-order chi connectivity index (χ1) is 8.15. The molecule has 0 bridgehead atoms. The van der Waals surface area contributed by atoms with E-state index in [0.29, 0.717) is 12.0 Å². The fourth-order valence-electron chi connectivity index (χ4n) is 2.62. The van der Waals surface area contributed by atoms with Crippen LogP contribution in [0.25, 0.3) is 0 Å². The Kier molecular flexibility index (Phi) is 4.15. The van der Waals surface area contributed by atoms with E-state index in [2.05, 4.69) is 54.2 Å². The Morgan fingerprint density at radius 2 is 1.94 bits per heavy atom. The van der Waals surface area contributed by atoms with Gasteiger partial charge in [-0.05, 0) is 19.7 Å². The Morgan fingerprint density at radius 3 is 2.59 bits per heavy atom. The van der Waals surface area contributed by atoms with Crippen molar-refractivity contribution in [2.24, 2.45) is 11.7 Å². The molecule has 3 nitrogen and oxygen atoms in total. The van der Waals surface area contributed by atoms with Crippen LogP contribution < -0.4 is 5.73 Å². The highest BCUT2D eigenvalue weighted by molar-refractivity contribution is 5.14. The first kappa shape index (κ1) is 12.6. The second-order valence-electron chi connectivity index (χ2n) is 5.37. The maximum atomic E-state index is 6.20. The molecule has 0 radical (unpaired) electrons. The number of nitrogens with two attached hydrogens (primary N) is 1. The molecule has 1 aromatic carbocycles. The molecule has 2 atom stereocenters. The third-order valence-corrected chi connectivity index (χ3v) is 3.42. The van der Waals surface area contributed by atoms with E-state index in [1.165, 1.54) is 5.56 Å². The van der Waals surface area contributed by atoms with Gasteiger partial charge in [0.15, 0.2) is 0 Å². The lowest BCUT2D eigenvalue weighted by Crippen LogP contribution is -2.35. The molecule has 0 amide bonds. The highest BCUT2D eigenvalue weighted by Gasteiger charge is 2.29. The van der Waals surface area contributed by atoms with Crippen molar-refractivity contribution in [3.8, 4) is 0 Å². The molecule has 94 valence electrons. The van der Waals surface area contributed by atoms with E-state index in [4.69, 9.17) is 5.73 Å². The predicted molar refractivity (Wildman–Crippen MR) is 71.7 cm³/mol. The summed E-state index contributed by atoms with van der Waals surface area (Å²) in [5, 5.41) is 0. The lowest BCUT2D eigenvalue weighted by atomic mass is 10.0. The molecule has 1 aromatic rings. The second-order valence-corrected chi connectivity index (χ2v) is 5.37. The molecular formula is C14H23N3. The molecule has 1 saturated heterocycles. The van der Waals surface area contributed by atoms with Crippen LogP contribution in [0.5, 0.6) is 0 Å². The Hall–Kier alpha value is -0.900. The standard InChI is InChI=1S/C14H23N3/c1-16(2)9-13-10-17(11-14(13)15)8-12-6-4-3-5-7-12/h3-7,13-14H,8-11,15H2,1-2H3. The first-order valence-electron chi connectivity index (χ1n) is 6.31. The normalized spacial score (nSPS) is 25.6. The SMILES string of the molecule is CN(C)CC1CN(Cc2ccccc2)CC1N. The molecule has 0 aliphatic carbocycles. The number of hydrogen-bond donors (Lipinski definition) is 1. The van der Waals surface area contributed by atoms with Crippen molar-refractivity contribution in [3.63, 3.8) is 0 Å². The van der Waals surface area contributed by atoms with Gasteiger partial charge in [-0.1, -0.05) is 30.3 Å². The summed E-state index contributed by atoms with van der Waals surface area (Å²) in [4.78, 5) is 4.70. The molecule has 1 aliphatic heterocycles. The van der Waals surface area contributed by atoms with Crippen molar-refractivity contribution in [3.05, 3.63) is 35.9 Å². The number of hydrogen-bond acceptors (Lipinski definition) is 3. The van der Waals surface area contributed by atoms with Crippen LogP contribution >= 0.6 is 0 Å². The van der Waals surface area contributed by atoms with Crippen LogP contribution in [0.3, 0.4) is 0 Å². The molecule has 1 aliphatic rings. The van der Waals surface area contributed by atoms with Crippen molar-refractivity contribution in [1.29, 1.82) is 0 Å². The van der Waals surface area contributed by atoms with Crippen molar-refractivity contribution >= 4 is 0 Å². The number of benzene rings is 1. The summed E-state index contributed by atoms with van der Waals surface area (Å²) in [6, 6.07) is 11.0. The summed E-state index contributed by atoms with van der Waals surface area (Å²) >= 11 is 0. The minimum absolute atomic E-state index is 0.320. The van der Waals surface area contributed by atoms with Gasteiger partial charge >= 0.3 is 0 Å². The van der Waals surface area contributed by atoms with Crippen molar-refractivity contribution in [2.75, 3.05) is 33.7 Å². The quantitative estimate of drug-likeness (QED) is 0.842. The van der Waals surface area contributed by atoms with E-state index in [9.17, 15) is 0 Å². The molecule has 0 saturated carbocycles. The van der Waals surface area contributed by atoms with Crippen LogP contribution in [0.4, 0.5) is 0 Å². The van der Waals surface area contributed by atoms with E-state index in [1.54, 1.807) is 0 Å². The van der Waals surface area contributed by atoms with E-state index in [0.717, 1.165) is 26.2 Å². The first-order valence-corrected chi connectivity index (χ1v) is 6.31. The number of nitrogens with zero attached hydrogens (tertiary/aromatic N) is 2. The Morgan fingerprint density at radius 1 is 1.24 bits per heavy atom. The van der Waals surface area contributed by atoms with Crippen molar-refractivity contribution in [2.45, 2.75) is 12.6 Å². The van der Waals surface area contributed by atoms with Gasteiger partial charge in [0.25, 0.3) is 0 Å². The summed E-state index contributed by atoms with van der Waals surface area (Å²) in [6.07, 6.45) is 0. The highest BCUT2D eigenvalue weighted by atomic mass is 15.2. The lowest BCUT2D eigenvalue weighted by molar-refractivity contribution is 0.284. The molecule has 17 heavy (non-hydrogen) atoms. The van der Waals surface area contributed by atoms with Crippen LogP contribution in [0.1, 0.15) is 5.56 Å². The van der Waals surface area contributed by atoms with Crippen LogP contribution in [-0.4, -0.2) is 49.6 Å². The van der Waals surface area contributed by atoms with Gasteiger partial charge in [0.1, 0.15) is 0 Å². The summed E-state index contributed by atoms with van der Waals surface area (Å²) in [7, 11) is 4.24. The summed E-state index contributed by atoms with van der Waals surface area (Å²) in [5.74, 6) is 0.605. The number of rotatable bonds is 4. The molecular weight excluding hydrogens is 210 g/mol. The van der Waals surface area contributed by atoms with Gasteiger partial charge in [-0.2, -0.15) is 0 Å². The minimum atomic E-state index is 0.320. The fourth-order valence-corrected chi connectivity index (χ4v) is 2.62. The molecule has 1 heterocycles. The van der Waals surface area contributed by atoms with Gasteiger partial charge < -0.3 is 10.6 Å². The van der Waals surface area contributed by atoms with Gasteiger partial charge in [0.05, 0.1) is 0 Å². The van der Waals surface area contributed by atoms with Gasteiger partial charge in [0.2, 0.25) is 0 Å². The van der Waals surface area contributed by atoms with E-state index in [1.807, 2.05) is 0 Å².